The van der Waals surface area contributed by atoms with Crippen molar-refractivity contribution in [2.24, 2.45) is 0 Å². The monoisotopic (exact) mass is 453 g/mol. The lowest BCUT2D eigenvalue weighted by Gasteiger charge is -2.17. The van der Waals surface area contributed by atoms with Crippen LogP contribution in [0, 0.1) is 6.92 Å². The van der Waals surface area contributed by atoms with Gasteiger partial charge in [-0.05, 0) is 65.8 Å². The van der Waals surface area contributed by atoms with Gasteiger partial charge in [0.1, 0.15) is 6.04 Å². The standard InChI is InChI=1S/C25H27NO5S/c1-17-5-3-4-6-20(17)22-13-18(14-31-16-19-9-11-30-15-19)7-8-21(22)24(27)26-23(25(28)29)10-12-32-2/h3-9,11,13,15,23H,10,12,14,16H2,1-2H3,(H,26,27)(H,28,29). The fourth-order valence-electron chi connectivity index (χ4n) is 3.37. The SMILES string of the molecule is CSCCC(NC(=O)c1ccc(COCc2ccoc2)cc1-c1ccccc1C)C(=O)O. The molecular formula is C25H27NO5S. The molecule has 0 aliphatic heterocycles. The zero-order valence-electron chi connectivity index (χ0n) is 18.2. The second kappa shape index (κ2) is 11.5. The number of hydrogen-bond donors (Lipinski definition) is 2. The van der Waals surface area contributed by atoms with E-state index in [0.29, 0.717) is 31.0 Å². The predicted molar refractivity (Wildman–Crippen MR) is 126 cm³/mol. The summed E-state index contributed by atoms with van der Waals surface area (Å²) in [7, 11) is 0. The fourth-order valence-corrected chi connectivity index (χ4v) is 3.84. The number of aryl methyl sites for hydroxylation is 1. The molecule has 0 saturated carbocycles. The quantitative estimate of drug-likeness (QED) is 0.429. The van der Waals surface area contributed by atoms with Crippen LogP contribution in [0.15, 0.2) is 65.5 Å². The van der Waals surface area contributed by atoms with Gasteiger partial charge in [0.2, 0.25) is 0 Å². The average molecular weight is 454 g/mol. The van der Waals surface area contributed by atoms with Gasteiger partial charge in [-0.1, -0.05) is 30.3 Å². The van der Waals surface area contributed by atoms with Crippen molar-refractivity contribution >= 4 is 23.6 Å². The van der Waals surface area contributed by atoms with Crippen LogP contribution in [-0.2, 0) is 22.7 Å². The minimum Gasteiger partial charge on any atom is -0.480 e. The van der Waals surface area contributed by atoms with Crippen LogP contribution < -0.4 is 5.32 Å². The number of rotatable bonds is 11. The third-order valence-electron chi connectivity index (χ3n) is 5.10. The number of carbonyl (C=O) groups excluding carboxylic acids is 1. The number of aliphatic carboxylic acids is 1. The zero-order chi connectivity index (χ0) is 22.9. The van der Waals surface area contributed by atoms with Crippen molar-refractivity contribution in [2.75, 3.05) is 12.0 Å². The Morgan fingerprint density at radius 2 is 1.88 bits per heavy atom. The van der Waals surface area contributed by atoms with Crippen molar-refractivity contribution in [3.8, 4) is 11.1 Å². The number of hydrogen-bond acceptors (Lipinski definition) is 5. The highest BCUT2D eigenvalue weighted by molar-refractivity contribution is 7.98. The van der Waals surface area contributed by atoms with Gasteiger partial charge in [-0.15, -0.1) is 0 Å². The topological polar surface area (TPSA) is 88.8 Å². The lowest BCUT2D eigenvalue weighted by Crippen LogP contribution is -2.41. The highest BCUT2D eigenvalue weighted by Gasteiger charge is 2.22. The fraction of sp³-hybridized carbons (Fsp3) is 0.280. The van der Waals surface area contributed by atoms with Gasteiger partial charge < -0.3 is 19.6 Å². The Morgan fingerprint density at radius 3 is 2.56 bits per heavy atom. The van der Waals surface area contributed by atoms with Crippen molar-refractivity contribution in [3.63, 3.8) is 0 Å². The van der Waals surface area contributed by atoms with Crippen LogP contribution in [0.1, 0.15) is 33.5 Å². The molecule has 0 aliphatic rings. The third-order valence-corrected chi connectivity index (χ3v) is 5.74. The van der Waals surface area contributed by atoms with Gasteiger partial charge >= 0.3 is 5.97 Å². The second-order valence-corrected chi connectivity index (χ2v) is 8.45. The number of nitrogens with one attached hydrogen (secondary N) is 1. The molecule has 2 aromatic carbocycles. The number of furan rings is 1. The molecule has 0 saturated heterocycles. The maximum Gasteiger partial charge on any atom is 0.326 e. The molecule has 168 valence electrons. The summed E-state index contributed by atoms with van der Waals surface area (Å²) in [6.45, 7) is 2.78. The highest BCUT2D eigenvalue weighted by atomic mass is 32.2. The van der Waals surface area contributed by atoms with Gasteiger partial charge in [0, 0.05) is 11.1 Å². The summed E-state index contributed by atoms with van der Waals surface area (Å²) in [5, 5.41) is 12.2. The number of benzene rings is 2. The first-order valence-corrected chi connectivity index (χ1v) is 11.7. The van der Waals surface area contributed by atoms with E-state index in [1.165, 1.54) is 0 Å². The van der Waals surface area contributed by atoms with Crippen molar-refractivity contribution in [3.05, 3.63) is 83.3 Å². The molecule has 0 aliphatic carbocycles. The number of ether oxygens (including phenoxy) is 1. The van der Waals surface area contributed by atoms with E-state index in [1.807, 2.05) is 55.6 Å². The minimum absolute atomic E-state index is 0.363. The molecule has 3 aromatic rings. The predicted octanol–water partition coefficient (Wildman–Crippen LogP) is 4.91. The van der Waals surface area contributed by atoms with Crippen LogP contribution in [0.2, 0.25) is 0 Å². The summed E-state index contributed by atoms with van der Waals surface area (Å²) >= 11 is 1.55. The molecule has 2 N–H and O–H groups in total. The third kappa shape index (κ3) is 6.24. The summed E-state index contributed by atoms with van der Waals surface area (Å²) in [6, 6.07) is 14.2. The van der Waals surface area contributed by atoms with Crippen molar-refractivity contribution in [1.29, 1.82) is 0 Å². The molecule has 1 atom stereocenters. The van der Waals surface area contributed by atoms with Crippen LogP contribution in [0.3, 0.4) is 0 Å². The van der Waals surface area contributed by atoms with E-state index in [0.717, 1.165) is 27.8 Å². The lowest BCUT2D eigenvalue weighted by atomic mass is 9.93. The normalized spacial score (nSPS) is 11.8. The molecule has 7 heteroatoms. The first-order valence-electron chi connectivity index (χ1n) is 10.3. The highest BCUT2D eigenvalue weighted by Crippen LogP contribution is 2.28. The summed E-state index contributed by atoms with van der Waals surface area (Å²) in [5.41, 5.74) is 5.00. The van der Waals surface area contributed by atoms with Gasteiger partial charge in [-0.2, -0.15) is 11.8 Å². The van der Waals surface area contributed by atoms with Crippen LogP contribution in [0.4, 0.5) is 0 Å². The van der Waals surface area contributed by atoms with Crippen LogP contribution >= 0.6 is 11.8 Å². The van der Waals surface area contributed by atoms with Crippen LogP contribution in [-0.4, -0.2) is 35.0 Å². The molecule has 0 fully saturated rings. The second-order valence-electron chi connectivity index (χ2n) is 7.47. The Hall–Kier alpha value is -3.03. The molecule has 6 nitrogen and oxygen atoms in total. The van der Waals surface area contributed by atoms with E-state index in [-0.39, 0.29) is 0 Å². The maximum atomic E-state index is 13.1. The molecule has 1 unspecified atom stereocenters. The van der Waals surface area contributed by atoms with Gasteiger partial charge in [0.15, 0.2) is 0 Å². The lowest BCUT2D eigenvalue weighted by molar-refractivity contribution is -0.139. The van der Waals surface area contributed by atoms with Gasteiger partial charge in [0.05, 0.1) is 25.7 Å². The smallest absolute Gasteiger partial charge is 0.326 e. The Bertz CT molecular complexity index is 1050. The molecule has 32 heavy (non-hydrogen) atoms. The summed E-state index contributed by atoms with van der Waals surface area (Å²) in [5.74, 6) is -0.786. The van der Waals surface area contributed by atoms with E-state index >= 15 is 0 Å². The Labute approximate surface area is 192 Å². The van der Waals surface area contributed by atoms with Crippen molar-refractivity contribution in [2.45, 2.75) is 32.6 Å². The van der Waals surface area contributed by atoms with Gasteiger partial charge in [0.25, 0.3) is 5.91 Å². The summed E-state index contributed by atoms with van der Waals surface area (Å²) in [4.78, 5) is 24.7. The first kappa shape index (κ1) is 23.6. The maximum absolute atomic E-state index is 13.1. The van der Waals surface area contributed by atoms with Gasteiger partial charge in [-0.25, -0.2) is 4.79 Å². The van der Waals surface area contributed by atoms with E-state index in [1.54, 1.807) is 30.4 Å². The molecule has 1 heterocycles. The molecule has 0 bridgehead atoms. The molecule has 3 rings (SSSR count). The average Bonchev–Trinajstić information content (AvgIpc) is 3.30. The van der Waals surface area contributed by atoms with E-state index in [4.69, 9.17) is 9.15 Å². The number of carbonyl (C=O) groups is 2. The van der Waals surface area contributed by atoms with Gasteiger partial charge in [-0.3, -0.25) is 4.79 Å². The summed E-state index contributed by atoms with van der Waals surface area (Å²) < 4.78 is 10.8. The number of thioether (sulfide) groups is 1. The van der Waals surface area contributed by atoms with E-state index in [2.05, 4.69) is 5.32 Å². The van der Waals surface area contributed by atoms with Crippen molar-refractivity contribution < 1.29 is 23.8 Å². The molecule has 0 spiro atoms. The zero-order valence-corrected chi connectivity index (χ0v) is 19.0. The number of carboxylic acids is 1. The molecule has 0 radical (unpaired) electrons. The Morgan fingerprint density at radius 1 is 1.09 bits per heavy atom. The Balaban J connectivity index is 1.86. The largest absolute Gasteiger partial charge is 0.480 e. The first-order chi connectivity index (χ1) is 15.5. The number of amides is 1. The van der Waals surface area contributed by atoms with Crippen LogP contribution in [0.5, 0.6) is 0 Å². The molecule has 1 aromatic heterocycles. The molecular weight excluding hydrogens is 426 g/mol. The Kier molecular flexibility index (Phi) is 8.53. The molecule has 1 amide bonds. The summed E-state index contributed by atoms with van der Waals surface area (Å²) in [6.07, 6.45) is 5.51. The minimum atomic E-state index is -1.03. The van der Waals surface area contributed by atoms with E-state index < -0.39 is 17.9 Å². The number of carboxylic acid groups (broad SMARTS) is 1. The van der Waals surface area contributed by atoms with E-state index in [9.17, 15) is 14.7 Å². The van der Waals surface area contributed by atoms with Crippen LogP contribution in [0.25, 0.3) is 11.1 Å². The van der Waals surface area contributed by atoms with Crippen molar-refractivity contribution in [1.82, 2.24) is 5.32 Å².